The summed E-state index contributed by atoms with van der Waals surface area (Å²) in [5, 5.41) is 12.6. The maximum absolute atomic E-state index is 4.42. The zero-order valence-electron chi connectivity index (χ0n) is 14.7. The van der Waals surface area contributed by atoms with Crippen LogP contribution in [0.4, 0.5) is 0 Å². The summed E-state index contributed by atoms with van der Waals surface area (Å²) in [6, 6.07) is 12.2. The van der Waals surface area contributed by atoms with Gasteiger partial charge in [0, 0.05) is 38.1 Å². The second-order valence-electron chi connectivity index (χ2n) is 7.31. The molecule has 2 aromatic rings. The van der Waals surface area contributed by atoms with E-state index in [1.54, 1.807) is 0 Å². The molecule has 0 radical (unpaired) electrons. The molecule has 4 rings (SSSR count). The average Bonchev–Trinajstić information content (AvgIpc) is 3.25. The summed E-state index contributed by atoms with van der Waals surface area (Å²) in [5.74, 6) is 2.26. The van der Waals surface area contributed by atoms with E-state index in [-0.39, 0.29) is 6.04 Å². The molecule has 1 aromatic carbocycles. The van der Waals surface area contributed by atoms with Gasteiger partial charge in [-0.2, -0.15) is 0 Å². The molecule has 0 saturated carbocycles. The van der Waals surface area contributed by atoms with E-state index < -0.39 is 0 Å². The first-order valence-corrected chi connectivity index (χ1v) is 9.16. The summed E-state index contributed by atoms with van der Waals surface area (Å²) in [6.07, 6.45) is 3.47. The molecule has 0 bridgehead atoms. The predicted molar refractivity (Wildman–Crippen MR) is 94.6 cm³/mol. The van der Waals surface area contributed by atoms with Crippen molar-refractivity contribution in [1.82, 2.24) is 25.0 Å². The fourth-order valence-electron chi connectivity index (χ4n) is 4.18. The van der Waals surface area contributed by atoms with Crippen LogP contribution in [0, 0.1) is 0 Å². The Morgan fingerprint density at radius 1 is 1.25 bits per heavy atom. The van der Waals surface area contributed by atoms with Gasteiger partial charge in [0.05, 0.1) is 6.04 Å². The summed E-state index contributed by atoms with van der Waals surface area (Å²) >= 11 is 0. The van der Waals surface area contributed by atoms with Crippen LogP contribution in [0.1, 0.15) is 49.9 Å². The smallest absolute Gasteiger partial charge is 0.149 e. The molecule has 5 nitrogen and oxygen atoms in total. The first-order chi connectivity index (χ1) is 11.7. The Balaban J connectivity index is 1.37. The van der Waals surface area contributed by atoms with E-state index >= 15 is 0 Å². The van der Waals surface area contributed by atoms with Crippen LogP contribution in [0.15, 0.2) is 30.3 Å². The van der Waals surface area contributed by atoms with Gasteiger partial charge in [0.15, 0.2) is 0 Å². The Hall–Kier alpha value is -1.72. The van der Waals surface area contributed by atoms with E-state index in [9.17, 15) is 0 Å². The number of hydrogen-bond acceptors (Lipinski definition) is 4. The van der Waals surface area contributed by atoms with E-state index in [0.29, 0.717) is 12.1 Å². The maximum atomic E-state index is 4.42. The fraction of sp³-hybridized carbons (Fsp3) is 0.579. The van der Waals surface area contributed by atoms with E-state index in [2.05, 4.69) is 69.2 Å². The number of aromatic nitrogens is 3. The first kappa shape index (κ1) is 15.8. The van der Waals surface area contributed by atoms with Gasteiger partial charge in [0.25, 0.3) is 0 Å². The van der Waals surface area contributed by atoms with E-state index in [1.165, 1.54) is 18.4 Å². The minimum atomic E-state index is 0.262. The lowest BCUT2D eigenvalue weighted by atomic mass is 10.1. The highest BCUT2D eigenvalue weighted by Gasteiger charge is 2.31. The summed E-state index contributed by atoms with van der Waals surface area (Å²) in [5.41, 5.74) is 1.40. The van der Waals surface area contributed by atoms with Crippen LogP contribution in [0.25, 0.3) is 0 Å². The van der Waals surface area contributed by atoms with Crippen molar-refractivity contribution < 1.29 is 0 Å². The number of aryl methyl sites for hydroxylation is 1. The molecule has 1 N–H and O–H groups in total. The zero-order chi connectivity index (χ0) is 16.5. The number of hydrogen-bond donors (Lipinski definition) is 1. The molecule has 0 aliphatic carbocycles. The van der Waals surface area contributed by atoms with Gasteiger partial charge in [-0.3, -0.25) is 4.90 Å². The van der Waals surface area contributed by atoms with Gasteiger partial charge in [0.1, 0.15) is 11.6 Å². The fourth-order valence-corrected chi connectivity index (χ4v) is 4.18. The molecular formula is C19H27N5. The Morgan fingerprint density at radius 3 is 2.92 bits per heavy atom. The van der Waals surface area contributed by atoms with Gasteiger partial charge in [0.2, 0.25) is 0 Å². The lowest BCUT2D eigenvalue weighted by molar-refractivity contribution is 0.255. The monoisotopic (exact) mass is 325 g/mol. The molecule has 1 saturated heterocycles. The van der Waals surface area contributed by atoms with Gasteiger partial charge in [-0.15, -0.1) is 10.2 Å². The van der Waals surface area contributed by atoms with Crippen LogP contribution in [-0.4, -0.2) is 38.3 Å². The minimum Gasteiger partial charge on any atom is -0.314 e. The van der Waals surface area contributed by atoms with Crippen LogP contribution < -0.4 is 5.32 Å². The highest BCUT2D eigenvalue weighted by atomic mass is 15.3. The van der Waals surface area contributed by atoms with Crippen LogP contribution in [0.5, 0.6) is 0 Å². The van der Waals surface area contributed by atoms with Gasteiger partial charge in [-0.25, -0.2) is 0 Å². The summed E-state index contributed by atoms with van der Waals surface area (Å²) in [7, 11) is 0. The molecule has 24 heavy (non-hydrogen) atoms. The third-order valence-corrected chi connectivity index (χ3v) is 5.44. The molecule has 1 fully saturated rings. The highest BCUT2D eigenvalue weighted by Crippen LogP contribution is 2.24. The molecule has 3 unspecified atom stereocenters. The van der Waals surface area contributed by atoms with Crippen LogP contribution in [0.3, 0.4) is 0 Å². The van der Waals surface area contributed by atoms with Crippen molar-refractivity contribution in [3.63, 3.8) is 0 Å². The maximum Gasteiger partial charge on any atom is 0.149 e. The summed E-state index contributed by atoms with van der Waals surface area (Å²) < 4.78 is 2.30. The number of fused-ring (bicyclic) bond motifs is 1. The van der Waals surface area contributed by atoms with Crippen molar-refractivity contribution in [2.75, 3.05) is 6.54 Å². The molecule has 5 heteroatoms. The Kier molecular flexibility index (Phi) is 4.37. The number of nitrogens with zero attached hydrogens (tertiary/aromatic N) is 4. The summed E-state index contributed by atoms with van der Waals surface area (Å²) in [4.78, 5) is 2.58. The number of benzene rings is 1. The van der Waals surface area contributed by atoms with Crippen LogP contribution >= 0.6 is 0 Å². The molecular weight excluding hydrogens is 298 g/mol. The van der Waals surface area contributed by atoms with E-state index in [0.717, 1.165) is 37.7 Å². The standard InChI is InChI=1S/C19H27N5/c1-14-11-17(13-23(14)12-16-7-4-3-5-8-16)20-15(2)19-22-21-18-9-6-10-24(18)19/h3-5,7-8,14-15,17,20H,6,9-13H2,1-2H3. The third-order valence-electron chi connectivity index (χ3n) is 5.44. The Bertz CT molecular complexity index is 680. The van der Waals surface area contributed by atoms with Crippen molar-refractivity contribution in [2.24, 2.45) is 0 Å². The second-order valence-corrected chi connectivity index (χ2v) is 7.31. The molecule has 1 aromatic heterocycles. The normalized spacial score (nSPS) is 25.1. The Labute approximate surface area is 144 Å². The van der Waals surface area contributed by atoms with Gasteiger partial charge >= 0.3 is 0 Å². The van der Waals surface area contributed by atoms with Crippen molar-refractivity contribution in [1.29, 1.82) is 0 Å². The number of nitrogens with one attached hydrogen (secondary N) is 1. The Morgan fingerprint density at radius 2 is 2.08 bits per heavy atom. The van der Waals surface area contributed by atoms with E-state index in [4.69, 9.17) is 0 Å². The number of likely N-dealkylation sites (tertiary alicyclic amines) is 1. The lowest BCUT2D eigenvalue weighted by Gasteiger charge is -2.21. The van der Waals surface area contributed by atoms with Crippen molar-refractivity contribution in [2.45, 2.75) is 64.3 Å². The molecule has 3 atom stereocenters. The second kappa shape index (κ2) is 6.65. The van der Waals surface area contributed by atoms with E-state index in [1.807, 2.05) is 0 Å². The molecule has 0 amide bonds. The van der Waals surface area contributed by atoms with Gasteiger partial charge < -0.3 is 9.88 Å². The molecule has 3 heterocycles. The quantitative estimate of drug-likeness (QED) is 0.918. The SMILES string of the molecule is CC(NC1CC(C)N(Cc2ccccc2)C1)c1nnc2n1CCC2. The first-order valence-electron chi connectivity index (χ1n) is 9.16. The lowest BCUT2D eigenvalue weighted by Crippen LogP contribution is -2.35. The van der Waals surface area contributed by atoms with Gasteiger partial charge in [-0.05, 0) is 32.3 Å². The topological polar surface area (TPSA) is 46.0 Å². The van der Waals surface area contributed by atoms with Crippen LogP contribution in [0.2, 0.25) is 0 Å². The summed E-state index contributed by atoms with van der Waals surface area (Å²) in [6.45, 7) is 7.77. The van der Waals surface area contributed by atoms with Crippen LogP contribution in [-0.2, 0) is 19.5 Å². The molecule has 2 aliphatic heterocycles. The van der Waals surface area contributed by atoms with Crippen molar-refractivity contribution in [3.05, 3.63) is 47.5 Å². The molecule has 128 valence electrons. The highest BCUT2D eigenvalue weighted by molar-refractivity contribution is 5.15. The molecule has 0 spiro atoms. The zero-order valence-corrected chi connectivity index (χ0v) is 14.7. The average molecular weight is 325 g/mol. The number of rotatable bonds is 5. The molecule has 2 aliphatic rings. The third kappa shape index (κ3) is 3.10. The van der Waals surface area contributed by atoms with Crippen molar-refractivity contribution >= 4 is 0 Å². The van der Waals surface area contributed by atoms with Gasteiger partial charge in [-0.1, -0.05) is 30.3 Å². The largest absolute Gasteiger partial charge is 0.314 e. The predicted octanol–water partition coefficient (Wildman–Crippen LogP) is 2.54. The minimum absolute atomic E-state index is 0.262. The van der Waals surface area contributed by atoms with Crippen molar-refractivity contribution in [3.8, 4) is 0 Å².